The summed E-state index contributed by atoms with van der Waals surface area (Å²) < 4.78 is 6.56. The first-order valence-electron chi connectivity index (χ1n) is 5.42. The van der Waals surface area contributed by atoms with Crippen LogP contribution in [0, 0.1) is 0 Å². The van der Waals surface area contributed by atoms with E-state index < -0.39 is 0 Å². The van der Waals surface area contributed by atoms with E-state index in [4.69, 9.17) is 4.74 Å². The minimum atomic E-state index is 0.719. The van der Waals surface area contributed by atoms with Crippen LogP contribution in [0.4, 0.5) is 0 Å². The number of likely N-dealkylation sites (tertiary alicyclic amines) is 1. The molecule has 1 aliphatic heterocycles. The van der Waals surface area contributed by atoms with Crippen LogP contribution in [0.1, 0.15) is 12.8 Å². The van der Waals surface area contributed by atoms with Crippen LogP contribution in [0.3, 0.4) is 0 Å². The van der Waals surface area contributed by atoms with Crippen molar-refractivity contribution in [2.75, 3.05) is 26.2 Å². The van der Waals surface area contributed by atoms with Gasteiger partial charge in [0.2, 0.25) is 5.88 Å². The smallest absolute Gasteiger partial charge is 0.213 e. The van der Waals surface area contributed by atoms with Crippen LogP contribution in [0.5, 0.6) is 5.88 Å². The molecule has 1 aromatic heterocycles. The van der Waals surface area contributed by atoms with Crippen molar-refractivity contribution in [1.82, 2.24) is 4.98 Å². The third-order valence-electron chi connectivity index (χ3n) is 2.72. The van der Waals surface area contributed by atoms with Crippen LogP contribution in [-0.2, 0) is 0 Å². The maximum Gasteiger partial charge on any atom is 0.213 e. The van der Waals surface area contributed by atoms with Crippen LogP contribution in [-0.4, -0.2) is 31.2 Å². The maximum atomic E-state index is 5.57. The third-order valence-corrected chi connectivity index (χ3v) is 3.19. The molecule has 4 heteroatoms. The standard InChI is InChI=1S/C11H15BrN2O/c12-10-3-4-11(13-9-10)15-8-7-14-5-1-2-6-14/h3-4,9H,1-2,5-8H2/p+1. The number of ether oxygens (including phenoxy) is 1. The Balaban J connectivity index is 1.71. The second kappa shape index (κ2) is 5.47. The fraction of sp³-hybridized carbons (Fsp3) is 0.545. The van der Waals surface area contributed by atoms with Crippen molar-refractivity contribution >= 4 is 15.9 Å². The van der Waals surface area contributed by atoms with Crippen molar-refractivity contribution in [1.29, 1.82) is 0 Å². The van der Waals surface area contributed by atoms with Gasteiger partial charge in [-0.25, -0.2) is 4.98 Å². The summed E-state index contributed by atoms with van der Waals surface area (Å²) in [7, 11) is 0. The van der Waals surface area contributed by atoms with Gasteiger partial charge in [0.15, 0.2) is 0 Å². The van der Waals surface area contributed by atoms with E-state index in [1.54, 1.807) is 11.1 Å². The zero-order chi connectivity index (χ0) is 10.5. The van der Waals surface area contributed by atoms with E-state index in [0.29, 0.717) is 0 Å². The van der Waals surface area contributed by atoms with E-state index in [-0.39, 0.29) is 0 Å². The first kappa shape index (κ1) is 10.9. The van der Waals surface area contributed by atoms with Gasteiger partial charge in [0.25, 0.3) is 0 Å². The van der Waals surface area contributed by atoms with Gasteiger partial charge in [-0.05, 0) is 22.0 Å². The average molecular weight is 272 g/mol. The quantitative estimate of drug-likeness (QED) is 0.881. The predicted octanol–water partition coefficient (Wildman–Crippen LogP) is 0.902. The second-order valence-electron chi connectivity index (χ2n) is 3.87. The van der Waals surface area contributed by atoms with E-state index in [0.717, 1.165) is 23.5 Å². The summed E-state index contributed by atoms with van der Waals surface area (Å²) in [5, 5.41) is 0. The van der Waals surface area contributed by atoms with Gasteiger partial charge >= 0.3 is 0 Å². The monoisotopic (exact) mass is 271 g/mol. The average Bonchev–Trinajstić information content (AvgIpc) is 2.74. The van der Waals surface area contributed by atoms with Crippen LogP contribution in [0.15, 0.2) is 22.8 Å². The Kier molecular flexibility index (Phi) is 3.97. The van der Waals surface area contributed by atoms with E-state index in [1.165, 1.54) is 25.9 Å². The fourth-order valence-corrected chi connectivity index (χ4v) is 2.11. The molecule has 0 amide bonds. The highest BCUT2D eigenvalue weighted by Crippen LogP contribution is 2.11. The second-order valence-corrected chi connectivity index (χ2v) is 4.79. The molecule has 1 aromatic rings. The number of halogens is 1. The van der Waals surface area contributed by atoms with Gasteiger partial charge in [0.1, 0.15) is 13.2 Å². The van der Waals surface area contributed by atoms with Gasteiger partial charge in [-0.1, -0.05) is 0 Å². The number of hydrogen-bond acceptors (Lipinski definition) is 2. The fourth-order valence-electron chi connectivity index (χ4n) is 1.87. The van der Waals surface area contributed by atoms with Crippen LogP contribution in [0.2, 0.25) is 0 Å². The molecule has 0 saturated carbocycles. The molecule has 1 aliphatic rings. The highest BCUT2D eigenvalue weighted by molar-refractivity contribution is 9.10. The van der Waals surface area contributed by atoms with E-state index in [2.05, 4.69) is 20.9 Å². The normalized spacial score (nSPS) is 16.9. The van der Waals surface area contributed by atoms with Crippen LogP contribution >= 0.6 is 15.9 Å². The highest BCUT2D eigenvalue weighted by atomic mass is 79.9. The van der Waals surface area contributed by atoms with Gasteiger partial charge in [-0.2, -0.15) is 0 Å². The van der Waals surface area contributed by atoms with Gasteiger partial charge < -0.3 is 9.64 Å². The Hall–Kier alpha value is -0.610. The van der Waals surface area contributed by atoms with Gasteiger partial charge in [0, 0.05) is 29.6 Å². The lowest BCUT2D eigenvalue weighted by Crippen LogP contribution is -3.10. The number of quaternary nitrogens is 1. The van der Waals surface area contributed by atoms with Crippen molar-refractivity contribution in [2.24, 2.45) is 0 Å². The lowest BCUT2D eigenvalue weighted by atomic mass is 10.4. The summed E-state index contributed by atoms with van der Waals surface area (Å²) in [5.41, 5.74) is 0. The summed E-state index contributed by atoms with van der Waals surface area (Å²) in [5.74, 6) is 0.719. The van der Waals surface area contributed by atoms with Crippen molar-refractivity contribution in [3.05, 3.63) is 22.8 Å². The number of pyridine rings is 1. The highest BCUT2D eigenvalue weighted by Gasteiger charge is 2.14. The number of nitrogens with one attached hydrogen (secondary N) is 1. The molecule has 1 fully saturated rings. The molecule has 1 saturated heterocycles. The summed E-state index contributed by atoms with van der Waals surface area (Å²) in [4.78, 5) is 5.82. The molecule has 0 radical (unpaired) electrons. The van der Waals surface area contributed by atoms with Crippen molar-refractivity contribution in [3.63, 3.8) is 0 Å². The molecule has 0 spiro atoms. The lowest BCUT2D eigenvalue weighted by Gasteiger charge is -2.12. The molecule has 82 valence electrons. The Morgan fingerprint density at radius 3 is 2.80 bits per heavy atom. The van der Waals surface area contributed by atoms with E-state index in [9.17, 15) is 0 Å². The molecule has 3 nitrogen and oxygen atoms in total. The summed E-state index contributed by atoms with van der Waals surface area (Å²) in [6, 6.07) is 3.84. The van der Waals surface area contributed by atoms with Crippen molar-refractivity contribution in [2.45, 2.75) is 12.8 Å². The minimum Gasteiger partial charge on any atom is -0.472 e. The number of hydrogen-bond donors (Lipinski definition) is 1. The largest absolute Gasteiger partial charge is 0.472 e. The Bertz CT molecular complexity index is 296. The molecule has 2 rings (SSSR count). The molecule has 2 heterocycles. The zero-order valence-electron chi connectivity index (χ0n) is 8.71. The van der Waals surface area contributed by atoms with Crippen LogP contribution in [0.25, 0.3) is 0 Å². The van der Waals surface area contributed by atoms with Gasteiger partial charge in [-0.3, -0.25) is 0 Å². The third kappa shape index (κ3) is 3.47. The SMILES string of the molecule is Brc1ccc(OCC[NH+]2CCCC2)nc1. The van der Waals surface area contributed by atoms with E-state index in [1.807, 2.05) is 12.1 Å². The Morgan fingerprint density at radius 1 is 1.33 bits per heavy atom. The molecule has 0 bridgehead atoms. The predicted molar refractivity (Wildman–Crippen MR) is 62.2 cm³/mol. The number of rotatable bonds is 4. The summed E-state index contributed by atoms with van der Waals surface area (Å²) >= 11 is 3.35. The summed E-state index contributed by atoms with van der Waals surface area (Å²) in [6.07, 6.45) is 4.50. The summed E-state index contributed by atoms with van der Waals surface area (Å²) in [6.45, 7) is 4.47. The zero-order valence-corrected chi connectivity index (χ0v) is 10.3. The van der Waals surface area contributed by atoms with Crippen molar-refractivity contribution in [3.8, 4) is 5.88 Å². The number of nitrogens with zero attached hydrogens (tertiary/aromatic N) is 1. The Labute approximate surface area is 98.6 Å². The van der Waals surface area contributed by atoms with Crippen LogP contribution < -0.4 is 9.64 Å². The molecule has 15 heavy (non-hydrogen) atoms. The molecule has 0 aliphatic carbocycles. The molecular formula is C11H16BrN2O+. The Morgan fingerprint density at radius 2 is 2.13 bits per heavy atom. The molecule has 1 N–H and O–H groups in total. The molecule has 0 aromatic carbocycles. The molecule has 0 atom stereocenters. The molecule has 0 unspecified atom stereocenters. The van der Waals surface area contributed by atoms with Gasteiger partial charge in [0.05, 0.1) is 13.1 Å². The topological polar surface area (TPSA) is 26.6 Å². The number of aromatic nitrogens is 1. The lowest BCUT2D eigenvalue weighted by molar-refractivity contribution is -0.887. The van der Waals surface area contributed by atoms with Crippen molar-refractivity contribution < 1.29 is 9.64 Å². The minimum absolute atomic E-state index is 0.719. The first-order valence-corrected chi connectivity index (χ1v) is 6.22. The first-order chi connectivity index (χ1) is 7.34. The van der Waals surface area contributed by atoms with E-state index >= 15 is 0 Å². The maximum absolute atomic E-state index is 5.57. The van der Waals surface area contributed by atoms with Gasteiger partial charge in [-0.15, -0.1) is 0 Å². The molecular weight excluding hydrogens is 256 g/mol.